The second-order valence-corrected chi connectivity index (χ2v) is 5.93. The summed E-state index contributed by atoms with van der Waals surface area (Å²) in [5.41, 5.74) is 2.72. The zero-order valence-electron chi connectivity index (χ0n) is 12.9. The molecule has 1 aromatic carbocycles. The van der Waals surface area contributed by atoms with Crippen LogP contribution in [-0.2, 0) is 6.42 Å². The summed E-state index contributed by atoms with van der Waals surface area (Å²) in [5.74, 6) is 1.42. The van der Waals surface area contributed by atoms with E-state index in [1.165, 1.54) is 5.56 Å². The summed E-state index contributed by atoms with van der Waals surface area (Å²) in [4.78, 5) is 11.0. The predicted octanol–water partition coefficient (Wildman–Crippen LogP) is 3.12. The Morgan fingerprint density at radius 2 is 1.91 bits per heavy atom. The second-order valence-electron chi connectivity index (χ2n) is 5.93. The largest absolute Gasteiger partial charge is 0.341 e. The Kier molecular flexibility index (Phi) is 4.34. The maximum Gasteiger partial charge on any atom is 0.226 e. The topological polar surface area (TPSA) is 52.8 Å². The first-order chi connectivity index (χ1) is 10.7. The molecule has 4 nitrogen and oxygen atoms in total. The van der Waals surface area contributed by atoms with E-state index >= 15 is 0 Å². The average Bonchev–Trinajstić information content (AvgIpc) is 2.56. The van der Waals surface area contributed by atoms with E-state index in [-0.39, 0.29) is 0 Å². The Morgan fingerprint density at radius 1 is 1.18 bits per heavy atom. The third-order valence-electron chi connectivity index (χ3n) is 4.22. The number of hydrogen-bond acceptors (Lipinski definition) is 4. The van der Waals surface area contributed by atoms with E-state index in [1.54, 1.807) is 6.07 Å². The van der Waals surface area contributed by atoms with Crippen LogP contribution in [0.5, 0.6) is 0 Å². The van der Waals surface area contributed by atoms with Crippen molar-refractivity contribution in [1.29, 1.82) is 5.26 Å². The minimum atomic E-state index is 0.453. The van der Waals surface area contributed by atoms with Gasteiger partial charge in [-0.25, -0.2) is 9.97 Å². The van der Waals surface area contributed by atoms with Gasteiger partial charge >= 0.3 is 0 Å². The van der Waals surface area contributed by atoms with Gasteiger partial charge in [0.1, 0.15) is 11.8 Å². The molecular weight excluding hydrogens is 272 g/mol. The molecule has 0 bridgehead atoms. The van der Waals surface area contributed by atoms with Crippen molar-refractivity contribution in [3.63, 3.8) is 0 Å². The third-order valence-corrected chi connectivity index (χ3v) is 4.22. The Morgan fingerprint density at radius 3 is 2.59 bits per heavy atom. The molecule has 0 amide bonds. The molecule has 112 valence electrons. The van der Waals surface area contributed by atoms with Gasteiger partial charge in [-0.1, -0.05) is 30.3 Å². The summed E-state index contributed by atoms with van der Waals surface area (Å²) in [6.45, 7) is 3.84. The standard InChI is InChI=1S/C18H20N4/c1-14-11-17(13-19)21-18(20-14)22-9-7-16(8-10-22)12-15-5-3-2-4-6-15/h2-6,11,16H,7-10,12H2,1H3. The monoisotopic (exact) mass is 292 g/mol. The van der Waals surface area contributed by atoms with Crippen molar-refractivity contribution in [2.45, 2.75) is 26.2 Å². The van der Waals surface area contributed by atoms with Gasteiger partial charge in [0.2, 0.25) is 5.95 Å². The van der Waals surface area contributed by atoms with Gasteiger partial charge in [-0.2, -0.15) is 5.26 Å². The SMILES string of the molecule is Cc1cc(C#N)nc(N2CCC(Cc3ccccc3)CC2)n1. The lowest BCUT2D eigenvalue weighted by Crippen LogP contribution is -2.35. The highest BCUT2D eigenvalue weighted by Gasteiger charge is 2.21. The molecule has 0 radical (unpaired) electrons. The highest BCUT2D eigenvalue weighted by atomic mass is 15.3. The van der Waals surface area contributed by atoms with Gasteiger partial charge < -0.3 is 4.90 Å². The molecule has 2 heterocycles. The smallest absolute Gasteiger partial charge is 0.226 e. The normalized spacial score (nSPS) is 15.5. The van der Waals surface area contributed by atoms with E-state index in [0.29, 0.717) is 11.6 Å². The quantitative estimate of drug-likeness (QED) is 0.872. The van der Waals surface area contributed by atoms with Crippen molar-refractivity contribution >= 4 is 5.95 Å². The molecule has 0 N–H and O–H groups in total. The lowest BCUT2D eigenvalue weighted by atomic mass is 9.90. The first kappa shape index (κ1) is 14.5. The van der Waals surface area contributed by atoms with Gasteiger partial charge in [-0.3, -0.25) is 0 Å². The molecule has 1 fully saturated rings. The first-order valence-corrected chi connectivity index (χ1v) is 7.79. The Balaban J connectivity index is 1.62. The van der Waals surface area contributed by atoms with Crippen LogP contribution in [0.4, 0.5) is 5.95 Å². The van der Waals surface area contributed by atoms with E-state index in [1.807, 2.05) is 6.92 Å². The number of hydrogen-bond donors (Lipinski definition) is 0. The fourth-order valence-electron chi connectivity index (χ4n) is 3.04. The van der Waals surface area contributed by atoms with E-state index < -0.39 is 0 Å². The molecule has 4 heteroatoms. The first-order valence-electron chi connectivity index (χ1n) is 7.79. The summed E-state index contributed by atoms with van der Waals surface area (Å²) in [6.07, 6.45) is 3.44. The van der Waals surface area contributed by atoms with E-state index in [2.05, 4.69) is 51.3 Å². The Labute approximate surface area is 131 Å². The molecule has 0 unspecified atom stereocenters. The molecule has 0 aliphatic carbocycles. The highest BCUT2D eigenvalue weighted by molar-refractivity contribution is 5.36. The van der Waals surface area contributed by atoms with Crippen molar-refractivity contribution in [3.05, 3.63) is 53.3 Å². The maximum atomic E-state index is 9.03. The molecule has 2 aromatic rings. The molecule has 1 aliphatic rings. The average molecular weight is 292 g/mol. The number of piperidine rings is 1. The van der Waals surface area contributed by atoms with Crippen molar-refractivity contribution in [1.82, 2.24) is 9.97 Å². The van der Waals surface area contributed by atoms with Crippen molar-refractivity contribution in [2.24, 2.45) is 5.92 Å². The zero-order chi connectivity index (χ0) is 15.4. The molecule has 0 spiro atoms. The van der Waals surface area contributed by atoms with Crippen LogP contribution in [0.25, 0.3) is 0 Å². The van der Waals surface area contributed by atoms with Crippen molar-refractivity contribution in [3.8, 4) is 6.07 Å². The van der Waals surface area contributed by atoms with Gasteiger partial charge in [-0.15, -0.1) is 0 Å². The van der Waals surface area contributed by atoms with Crippen LogP contribution in [0, 0.1) is 24.2 Å². The Hall–Kier alpha value is -2.41. The molecule has 1 aromatic heterocycles. The number of benzene rings is 1. The van der Waals surface area contributed by atoms with Crippen LogP contribution in [-0.4, -0.2) is 23.1 Å². The van der Waals surface area contributed by atoms with Crippen molar-refractivity contribution < 1.29 is 0 Å². The molecule has 3 rings (SSSR count). The van der Waals surface area contributed by atoms with Gasteiger partial charge in [0.05, 0.1) is 0 Å². The summed E-state index contributed by atoms with van der Waals surface area (Å²) in [5, 5.41) is 9.03. The Bertz CT molecular complexity index is 667. The third kappa shape index (κ3) is 3.43. The van der Waals surface area contributed by atoms with Gasteiger partial charge in [-0.05, 0) is 43.7 Å². The van der Waals surface area contributed by atoms with Crippen LogP contribution in [0.2, 0.25) is 0 Å². The summed E-state index contributed by atoms with van der Waals surface area (Å²) in [6, 6.07) is 14.5. The second kappa shape index (κ2) is 6.57. The maximum absolute atomic E-state index is 9.03. The lowest BCUT2D eigenvalue weighted by molar-refractivity contribution is 0.400. The summed E-state index contributed by atoms with van der Waals surface area (Å²) >= 11 is 0. The van der Waals surface area contributed by atoms with Crippen LogP contribution in [0.1, 0.15) is 29.8 Å². The minimum Gasteiger partial charge on any atom is -0.341 e. The van der Waals surface area contributed by atoms with E-state index in [4.69, 9.17) is 5.26 Å². The van der Waals surface area contributed by atoms with Gasteiger partial charge in [0.15, 0.2) is 0 Å². The number of anilines is 1. The molecule has 1 saturated heterocycles. The fraction of sp³-hybridized carbons (Fsp3) is 0.389. The molecule has 22 heavy (non-hydrogen) atoms. The van der Waals surface area contributed by atoms with Crippen LogP contribution < -0.4 is 4.90 Å². The number of aromatic nitrogens is 2. The fourth-order valence-corrected chi connectivity index (χ4v) is 3.04. The van der Waals surface area contributed by atoms with E-state index in [0.717, 1.165) is 44.0 Å². The zero-order valence-corrected chi connectivity index (χ0v) is 12.9. The summed E-state index contributed by atoms with van der Waals surface area (Å²) in [7, 11) is 0. The number of nitrogens with zero attached hydrogens (tertiary/aromatic N) is 4. The number of aryl methyl sites for hydroxylation is 1. The van der Waals surface area contributed by atoms with Crippen LogP contribution >= 0.6 is 0 Å². The molecule has 0 saturated carbocycles. The highest BCUT2D eigenvalue weighted by Crippen LogP contribution is 2.24. The summed E-state index contributed by atoms with van der Waals surface area (Å²) < 4.78 is 0. The predicted molar refractivity (Wildman–Crippen MR) is 86.6 cm³/mol. The molecular formula is C18H20N4. The van der Waals surface area contributed by atoms with E-state index in [9.17, 15) is 0 Å². The van der Waals surface area contributed by atoms with Gasteiger partial charge in [0, 0.05) is 18.8 Å². The van der Waals surface area contributed by atoms with Gasteiger partial charge in [0.25, 0.3) is 0 Å². The van der Waals surface area contributed by atoms with Crippen LogP contribution in [0.15, 0.2) is 36.4 Å². The van der Waals surface area contributed by atoms with Crippen molar-refractivity contribution in [2.75, 3.05) is 18.0 Å². The molecule has 1 aliphatic heterocycles. The molecule has 0 atom stereocenters. The number of rotatable bonds is 3. The minimum absolute atomic E-state index is 0.453. The van der Waals surface area contributed by atoms with Crippen LogP contribution in [0.3, 0.4) is 0 Å². The number of nitriles is 1. The lowest BCUT2D eigenvalue weighted by Gasteiger charge is -2.32.